The summed E-state index contributed by atoms with van der Waals surface area (Å²) in [5.41, 5.74) is 1.04. The number of nitrogens with one attached hydrogen (secondary N) is 1. The number of fused-ring (bicyclic) bond motifs is 1. The minimum absolute atomic E-state index is 0.0394. The van der Waals surface area contributed by atoms with E-state index in [9.17, 15) is 24.3 Å². The Hall–Kier alpha value is -3.62. The molecule has 32 heavy (non-hydrogen) atoms. The molecule has 0 spiro atoms. The number of anilines is 1. The van der Waals surface area contributed by atoms with Crippen LogP contribution < -0.4 is 10.0 Å². The van der Waals surface area contributed by atoms with Crippen molar-refractivity contribution < 1.29 is 23.8 Å². The molecule has 0 saturated heterocycles. The molecule has 0 saturated carbocycles. The lowest BCUT2D eigenvalue weighted by molar-refractivity contribution is -0.605. The van der Waals surface area contributed by atoms with Crippen LogP contribution in [0.25, 0.3) is 10.9 Å². The maximum atomic E-state index is 13.2. The zero-order chi connectivity index (χ0) is 23.0. The summed E-state index contributed by atoms with van der Waals surface area (Å²) < 4.78 is 15.2. The second-order valence-electron chi connectivity index (χ2n) is 6.94. The molecule has 2 heterocycles. The van der Waals surface area contributed by atoms with Gasteiger partial charge in [-0.2, -0.15) is 4.73 Å². The Morgan fingerprint density at radius 3 is 2.41 bits per heavy atom. The van der Waals surface area contributed by atoms with Crippen molar-refractivity contribution in [1.29, 1.82) is 0 Å². The van der Waals surface area contributed by atoms with E-state index in [4.69, 9.17) is 23.2 Å². The predicted molar refractivity (Wildman–Crippen MR) is 117 cm³/mol. The summed E-state index contributed by atoms with van der Waals surface area (Å²) in [6, 6.07) is 10.4. The van der Waals surface area contributed by atoms with Crippen LogP contribution in [-0.4, -0.2) is 21.4 Å². The first-order chi connectivity index (χ1) is 15.2. The van der Waals surface area contributed by atoms with E-state index in [2.05, 4.69) is 5.32 Å². The molecular weight excluding hydrogens is 460 g/mol. The lowest BCUT2D eigenvalue weighted by Gasteiger charge is -2.08. The largest absolute Gasteiger partial charge is 0.619 e. The third-order valence-corrected chi connectivity index (χ3v) is 5.36. The van der Waals surface area contributed by atoms with Gasteiger partial charge in [-0.15, -0.1) is 0 Å². The van der Waals surface area contributed by atoms with Gasteiger partial charge in [-0.05, 0) is 23.8 Å². The Balaban J connectivity index is 1.71. The van der Waals surface area contributed by atoms with Gasteiger partial charge >= 0.3 is 0 Å². The number of aromatic nitrogens is 2. The van der Waals surface area contributed by atoms with Crippen molar-refractivity contribution in [1.82, 2.24) is 4.57 Å². The third kappa shape index (κ3) is 4.10. The number of phenols is 1. The molecule has 2 aromatic carbocycles. The molecule has 4 aromatic rings. The fourth-order valence-corrected chi connectivity index (χ4v) is 3.89. The van der Waals surface area contributed by atoms with Gasteiger partial charge < -0.3 is 20.2 Å². The van der Waals surface area contributed by atoms with Gasteiger partial charge in [0.1, 0.15) is 21.6 Å². The smallest absolute Gasteiger partial charge is 0.296 e. The number of aromatic hydroxyl groups is 1. The lowest BCUT2D eigenvalue weighted by Crippen LogP contribution is -2.27. The number of benzene rings is 2. The number of halogens is 3. The molecule has 0 radical (unpaired) electrons. The number of carbonyl (C=O) groups excluding carboxylic acids is 2. The number of nitrogens with zero attached hydrogens (tertiary/aromatic N) is 2. The van der Waals surface area contributed by atoms with E-state index in [0.717, 1.165) is 18.0 Å². The highest BCUT2D eigenvalue weighted by Gasteiger charge is 2.25. The highest BCUT2D eigenvalue weighted by Crippen LogP contribution is 2.31. The normalized spacial score (nSPS) is 11.0. The number of rotatable bonds is 5. The van der Waals surface area contributed by atoms with Gasteiger partial charge in [0.2, 0.25) is 12.4 Å². The predicted octanol–water partition coefficient (Wildman–Crippen LogP) is 4.30. The van der Waals surface area contributed by atoms with Crippen LogP contribution in [0, 0.1) is 11.0 Å². The number of hydrogen-bond acceptors (Lipinski definition) is 4. The van der Waals surface area contributed by atoms with Crippen molar-refractivity contribution in [2.45, 2.75) is 6.54 Å². The Morgan fingerprint density at radius 1 is 1.09 bits per heavy atom. The zero-order valence-corrected chi connectivity index (χ0v) is 17.7. The minimum Gasteiger partial charge on any atom is -0.619 e. The highest BCUT2D eigenvalue weighted by molar-refractivity contribution is 6.50. The molecule has 0 atom stereocenters. The average Bonchev–Trinajstić information content (AvgIpc) is 3.11. The molecular formula is C22H14Cl2FN3O4. The second-order valence-corrected chi connectivity index (χ2v) is 7.76. The lowest BCUT2D eigenvalue weighted by atomic mass is 10.1. The molecule has 2 N–H and O–H groups in total. The molecule has 162 valence electrons. The van der Waals surface area contributed by atoms with Gasteiger partial charge in [0.15, 0.2) is 0 Å². The van der Waals surface area contributed by atoms with E-state index in [1.807, 2.05) is 0 Å². The van der Waals surface area contributed by atoms with Crippen LogP contribution in [0.1, 0.15) is 15.9 Å². The molecule has 0 unspecified atom stereocenters. The van der Waals surface area contributed by atoms with Crippen molar-refractivity contribution in [2.75, 3.05) is 5.32 Å². The quantitative estimate of drug-likeness (QED) is 0.195. The molecule has 10 heteroatoms. The fourth-order valence-electron chi connectivity index (χ4n) is 3.35. The number of para-hydroxylation sites is 1. The van der Waals surface area contributed by atoms with Crippen LogP contribution in [0.15, 0.2) is 61.1 Å². The first-order valence-electron chi connectivity index (χ1n) is 9.23. The van der Waals surface area contributed by atoms with Crippen molar-refractivity contribution in [3.63, 3.8) is 0 Å². The van der Waals surface area contributed by atoms with E-state index in [0.29, 0.717) is 15.6 Å². The number of phenolic OH excluding ortho intramolecular Hbond substituents is 1. The van der Waals surface area contributed by atoms with Gasteiger partial charge in [0.05, 0.1) is 16.8 Å². The molecule has 4 rings (SSSR count). The Bertz CT molecular complexity index is 1350. The van der Waals surface area contributed by atoms with Gasteiger partial charge in [-0.25, -0.2) is 4.39 Å². The summed E-state index contributed by atoms with van der Waals surface area (Å²) in [5.74, 6) is -2.40. The van der Waals surface area contributed by atoms with Gasteiger partial charge in [0, 0.05) is 18.1 Å². The van der Waals surface area contributed by atoms with Crippen molar-refractivity contribution in [3.8, 4) is 5.75 Å². The minimum atomic E-state index is -1.03. The highest BCUT2D eigenvalue weighted by atomic mass is 35.5. The monoisotopic (exact) mass is 473 g/mol. The van der Waals surface area contributed by atoms with Crippen molar-refractivity contribution in [3.05, 3.63) is 93.3 Å². The third-order valence-electron chi connectivity index (χ3n) is 4.79. The Labute approximate surface area is 190 Å². The summed E-state index contributed by atoms with van der Waals surface area (Å²) in [6.07, 6.45) is 3.41. The second kappa shape index (κ2) is 8.49. The zero-order valence-electron chi connectivity index (χ0n) is 16.2. The first-order valence-corrected chi connectivity index (χ1v) is 9.99. The van der Waals surface area contributed by atoms with Crippen molar-refractivity contribution in [2.24, 2.45) is 0 Å². The summed E-state index contributed by atoms with van der Waals surface area (Å²) >= 11 is 11.9. The standard InChI is InChI=1S/C22H14Cl2FN3O4/c23-16-10-28(32)11-17(24)19(16)26-22(31)21(30)15-9-27(8-12-4-6-13(25)7-5-12)20-14(15)2-1-3-18(20)29/h1-7,9-11,29H,8H2,(H,26,31). The van der Waals surface area contributed by atoms with E-state index in [1.54, 1.807) is 28.8 Å². The Kier molecular flexibility index (Phi) is 5.73. The SMILES string of the molecule is O=C(Nc1c(Cl)c[n+]([O-])cc1Cl)C(=O)c1cn(Cc2ccc(F)cc2)c2c(O)cccc12. The van der Waals surface area contributed by atoms with Crippen LogP contribution in [-0.2, 0) is 11.3 Å². The van der Waals surface area contributed by atoms with E-state index < -0.39 is 11.7 Å². The van der Waals surface area contributed by atoms with Crippen LogP contribution in [0.5, 0.6) is 5.75 Å². The molecule has 0 aliphatic carbocycles. The number of amides is 1. The summed E-state index contributed by atoms with van der Waals surface area (Å²) in [6.45, 7) is 0.225. The number of ketones is 1. The van der Waals surface area contributed by atoms with Gasteiger partial charge in [-0.3, -0.25) is 9.59 Å². The number of carbonyl (C=O) groups is 2. The molecule has 2 aromatic heterocycles. The summed E-state index contributed by atoms with van der Waals surface area (Å²) in [4.78, 5) is 25.6. The maximum absolute atomic E-state index is 13.2. The molecule has 7 nitrogen and oxygen atoms in total. The van der Waals surface area contributed by atoms with Gasteiger partial charge in [-0.1, -0.05) is 47.5 Å². The summed E-state index contributed by atoms with van der Waals surface area (Å²) in [5, 5.41) is 24.2. The van der Waals surface area contributed by atoms with Crippen LogP contribution in [0.2, 0.25) is 10.0 Å². The number of pyridine rings is 1. The fraction of sp³-hybridized carbons (Fsp3) is 0.0455. The number of hydrogen-bond donors (Lipinski definition) is 2. The van der Waals surface area contributed by atoms with E-state index in [-0.39, 0.29) is 39.4 Å². The topological polar surface area (TPSA) is 98.3 Å². The van der Waals surface area contributed by atoms with Crippen molar-refractivity contribution >= 4 is 51.5 Å². The number of Topliss-reactive ketones (excluding diaryl/α,β-unsaturated/α-hetero) is 1. The Morgan fingerprint density at radius 2 is 1.75 bits per heavy atom. The van der Waals surface area contributed by atoms with E-state index >= 15 is 0 Å². The molecule has 0 fully saturated rings. The van der Waals surface area contributed by atoms with Gasteiger partial charge in [0.25, 0.3) is 11.7 Å². The molecule has 0 aliphatic heterocycles. The van der Waals surface area contributed by atoms with E-state index in [1.165, 1.54) is 24.4 Å². The van der Waals surface area contributed by atoms with Crippen LogP contribution in [0.3, 0.4) is 0 Å². The summed E-state index contributed by atoms with van der Waals surface area (Å²) in [7, 11) is 0. The first kappa shape index (κ1) is 21.6. The average molecular weight is 474 g/mol. The van der Waals surface area contributed by atoms with Crippen LogP contribution >= 0.6 is 23.2 Å². The molecule has 1 amide bonds. The maximum Gasteiger partial charge on any atom is 0.296 e. The molecule has 0 bridgehead atoms. The van der Waals surface area contributed by atoms with Crippen LogP contribution in [0.4, 0.5) is 10.1 Å². The molecule has 0 aliphatic rings.